The lowest BCUT2D eigenvalue weighted by atomic mass is 10.1. The molecule has 0 bridgehead atoms. The van der Waals surface area contributed by atoms with Crippen molar-refractivity contribution in [1.29, 1.82) is 0 Å². The number of nitrogens with one attached hydrogen (secondary N) is 1. The fraction of sp³-hybridized carbons (Fsp3) is 0.400. The summed E-state index contributed by atoms with van der Waals surface area (Å²) >= 11 is 1.21. The van der Waals surface area contributed by atoms with Crippen molar-refractivity contribution in [2.75, 3.05) is 5.32 Å². The predicted octanol–water partition coefficient (Wildman–Crippen LogP) is 2.84. The number of carboxylic acid groups (broad SMARTS) is 1. The molecular formula is C15H19N3O2S. The molecule has 0 radical (unpaired) electrons. The lowest BCUT2D eigenvalue weighted by Gasteiger charge is -2.13. The molecule has 6 heteroatoms. The van der Waals surface area contributed by atoms with E-state index >= 15 is 0 Å². The maximum Gasteiger partial charge on any atom is 0.326 e. The monoisotopic (exact) mass is 305 g/mol. The van der Waals surface area contributed by atoms with Crippen LogP contribution in [-0.2, 0) is 17.6 Å². The summed E-state index contributed by atoms with van der Waals surface area (Å²) in [6.45, 7) is 4.20. The Labute approximate surface area is 128 Å². The molecule has 1 heterocycles. The zero-order valence-electron chi connectivity index (χ0n) is 12.1. The minimum atomic E-state index is -0.889. The lowest BCUT2D eigenvalue weighted by molar-refractivity contribution is -0.137. The quantitative estimate of drug-likeness (QED) is 0.822. The van der Waals surface area contributed by atoms with Gasteiger partial charge in [0.2, 0.25) is 5.13 Å². The van der Waals surface area contributed by atoms with Crippen molar-refractivity contribution in [3.8, 4) is 0 Å². The highest BCUT2D eigenvalue weighted by Crippen LogP contribution is 2.16. The van der Waals surface area contributed by atoms with Crippen LogP contribution in [0.5, 0.6) is 0 Å². The Morgan fingerprint density at radius 3 is 2.62 bits per heavy atom. The number of rotatable bonds is 7. The van der Waals surface area contributed by atoms with Gasteiger partial charge in [-0.3, -0.25) is 0 Å². The highest BCUT2D eigenvalue weighted by atomic mass is 32.1. The Morgan fingerprint density at radius 2 is 2.00 bits per heavy atom. The molecule has 0 spiro atoms. The fourth-order valence-electron chi connectivity index (χ4n) is 1.96. The first kappa shape index (κ1) is 15.4. The third-order valence-corrected chi connectivity index (χ3v) is 3.62. The fourth-order valence-corrected chi connectivity index (χ4v) is 2.61. The molecule has 2 aromatic rings. The van der Waals surface area contributed by atoms with Crippen molar-refractivity contribution < 1.29 is 9.90 Å². The number of aliphatic carboxylic acids is 1. The zero-order valence-corrected chi connectivity index (χ0v) is 12.9. The molecule has 0 aliphatic heterocycles. The summed E-state index contributed by atoms with van der Waals surface area (Å²) in [5.74, 6) is 0.354. The first-order chi connectivity index (χ1) is 10.0. The van der Waals surface area contributed by atoms with Crippen LogP contribution in [0.3, 0.4) is 0 Å². The van der Waals surface area contributed by atoms with Crippen molar-refractivity contribution in [2.24, 2.45) is 5.92 Å². The Balaban J connectivity index is 2.03. The Hall–Kier alpha value is -1.95. The topological polar surface area (TPSA) is 75.1 Å². The summed E-state index contributed by atoms with van der Waals surface area (Å²) in [5.41, 5.74) is 0.976. The van der Waals surface area contributed by atoms with Gasteiger partial charge >= 0.3 is 5.97 Å². The molecule has 0 saturated carbocycles. The molecule has 1 aromatic carbocycles. The highest BCUT2D eigenvalue weighted by molar-refractivity contribution is 7.09. The summed E-state index contributed by atoms with van der Waals surface area (Å²) < 4.78 is 4.25. The van der Waals surface area contributed by atoms with Gasteiger partial charge in [0, 0.05) is 24.4 Å². The molecule has 1 atom stereocenters. The Kier molecular flexibility index (Phi) is 5.27. The van der Waals surface area contributed by atoms with Gasteiger partial charge in [-0.15, -0.1) is 0 Å². The second-order valence-corrected chi connectivity index (χ2v) is 6.09. The third kappa shape index (κ3) is 4.82. The molecule has 0 amide bonds. The van der Waals surface area contributed by atoms with Gasteiger partial charge in [0.25, 0.3) is 0 Å². The van der Waals surface area contributed by atoms with Crippen LogP contribution in [0.4, 0.5) is 5.13 Å². The Morgan fingerprint density at radius 1 is 1.29 bits per heavy atom. The predicted molar refractivity (Wildman–Crippen MR) is 83.6 cm³/mol. The van der Waals surface area contributed by atoms with Crippen molar-refractivity contribution in [1.82, 2.24) is 9.36 Å². The number of nitrogens with zero attached hydrogens (tertiary/aromatic N) is 2. The highest BCUT2D eigenvalue weighted by Gasteiger charge is 2.19. The van der Waals surface area contributed by atoms with Gasteiger partial charge in [-0.05, 0) is 11.5 Å². The summed E-state index contributed by atoms with van der Waals surface area (Å²) in [6, 6.07) is 8.85. The van der Waals surface area contributed by atoms with Crippen LogP contribution >= 0.6 is 11.5 Å². The summed E-state index contributed by atoms with van der Waals surface area (Å²) in [6.07, 6.45) is 1.21. The molecule has 21 heavy (non-hydrogen) atoms. The van der Waals surface area contributed by atoms with E-state index in [4.69, 9.17) is 0 Å². The molecule has 1 aromatic heterocycles. The van der Waals surface area contributed by atoms with E-state index in [9.17, 15) is 9.90 Å². The summed E-state index contributed by atoms with van der Waals surface area (Å²) in [7, 11) is 0. The average Bonchev–Trinajstić information content (AvgIpc) is 2.85. The van der Waals surface area contributed by atoms with Gasteiger partial charge in [-0.1, -0.05) is 44.2 Å². The van der Waals surface area contributed by atoms with Crippen molar-refractivity contribution in [3.05, 3.63) is 41.7 Å². The van der Waals surface area contributed by atoms with Crippen LogP contribution in [0.2, 0.25) is 0 Å². The molecule has 5 nitrogen and oxygen atoms in total. The van der Waals surface area contributed by atoms with Gasteiger partial charge in [-0.2, -0.15) is 4.37 Å². The number of hydrogen-bond donors (Lipinski definition) is 2. The second kappa shape index (κ2) is 7.17. The lowest BCUT2D eigenvalue weighted by Crippen LogP contribution is -2.31. The molecule has 0 fully saturated rings. The standard InChI is InChI=1S/C15H19N3O2S/c1-10(2)8-13-17-15(21-18-13)16-12(14(19)20)9-11-6-4-3-5-7-11/h3-7,10,12H,8-9H2,1-2H3,(H,19,20)(H,16,17,18)/t12-/m0/s1. The van der Waals surface area contributed by atoms with E-state index in [1.54, 1.807) is 0 Å². The van der Waals surface area contributed by atoms with Crippen LogP contribution in [0.25, 0.3) is 0 Å². The van der Waals surface area contributed by atoms with E-state index in [2.05, 4.69) is 28.5 Å². The summed E-state index contributed by atoms with van der Waals surface area (Å²) in [5, 5.41) is 12.9. The van der Waals surface area contributed by atoms with Crippen molar-refractivity contribution >= 4 is 22.6 Å². The van der Waals surface area contributed by atoms with Gasteiger partial charge in [0.05, 0.1) is 0 Å². The minimum Gasteiger partial charge on any atom is -0.480 e. The van der Waals surface area contributed by atoms with Crippen molar-refractivity contribution in [2.45, 2.75) is 32.7 Å². The first-order valence-corrected chi connectivity index (χ1v) is 7.67. The molecule has 2 rings (SSSR count). The van der Waals surface area contributed by atoms with E-state index in [0.29, 0.717) is 17.5 Å². The smallest absolute Gasteiger partial charge is 0.326 e. The molecular weight excluding hydrogens is 286 g/mol. The normalized spacial score (nSPS) is 12.3. The SMILES string of the molecule is CC(C)Cc1nsc(N[C@@H](Cc2ccccc2)C(=O)O)n1. The maximum absolute atomic E-state index is 11.4. The molecule has 0 aliphatic rings. The molecule has 0 saturated heterocycles. The van der Waals surface area contributed by atoms with Crippen LogP contribution in [-0.4, -0.2) is 26.5 Å². The van der Waals surface area contributed by atoms with E-state index < -0.39 is 12.0 Å². The van der Waals surface area contributed by atoms with Crippen LogP contribution in [0, 0.1) is 5.92 Å². The first-order valence-electron chi connectivity index (χ1n) is 6.90. The number of carboxylic acids is 1. The van der Waals surface area contributed by atoms with Crippen molar-refractivity contribution in [3.63, 3.8) is 0 Å². The Bertz CT molecular complexity index is 584. The molecule has 2 N–H and O–H groups in total. The largest absolute Gasteiger partial charge is 0.480 e. The van der Waals surface area contributed by atoms with Gasteiger partial charge in [0.15, 0.2) is 0 Å². The van der Waals surface area contributed by atoms with Gasteiger partial charge < -0.3 is 10.4 Å². The maximum atomic E-state index is 11.4. The van der Waals surface area contributed by atoms with E-state index in [1.807, 2.05) is 30.3 Å². The van der Waals surface area contributed by atoms with Gasteiger partial charge in [0.1, 0.15) is 11.9 Å². The number of hydrogen-bond acceptors (Lipinski definition) is 5. The average molecular weight is 305 g/mol. The second-order valence-electron chi connectivity index (χ2n) is 5.34. The zero-order chi connectivity index (χ0) is 15.2. The van der Waals surface area contributed by atoms with Crippen LogP contribution < -0.4 is 5.32 Å². The van der Waals surface area contributed by atoms with Crippen LogP contribution in [0.15, 0.2) is 30.3 Å². The van der Waals surface area contributed by atoms with E-state index in [-0.39, 0.29) is 0 Å². The molecule has 0 aliphatic carbocycles. The number of benzene rings is 1. The minimum absolute atomic E-state index is 0.412. The van der Waals surface area contributed by atoms with Gasteiger partial charge in [-0.25, -0.2) is 9.78 Å². The third-order valence-electron chi connectivity index (χ3n) is 2.94. The number of aromatic nitrogens is 2. The van der Waals surface area contributed by atoms with E-state index in [0.717, 1.165) is 17.8 Å². The number of carbonyl (C=O) groups is 1. The number of anilines is 1. The molecule has 112 valence electrons. The molecule has 0 unspecified atom stereocenters. The van der Waals surface area contributed by atoms with E-state index in [1.165, 1.54) is 11.5 Å². The van der Waals surface area contributed by atoms with Crippen LogP contribution in [0.1, 0.15) is 25.2 Å². The summed E-state index contributed by atoms with van der Waals surface area (Å²) in [4.78, 5) is 15.7.